The van der Waals surface area contributed by atoms with Gasteiger partial charge in [0.1, 0.15) is 0 Å². The molecule has 178 valence electrons. The number of nitrogens with zero attached hydrogens (tertiary/aromatic N) is 3. The number of hydrogen-bond acceptors (Lipinski definition) is 4. The molecule has 1 saturated heterocycles. The lowest BCUT2D eigenvalue weighted by Crippen LogP contribution is -2.43. The van der Waals surface area contributed by atoms with E-state index in [1.54, 1.807) is 12.5 Å². The van der Waals surface area contributed by atoms with E-state index >= 15 is 0 Å². The lowest BCUT2D eigenvalue weighted by Gasteiger charge is -2.35. The highest BCUT2D eigenvalue weighted by Gasteiger charge is 2.44. The maximum absolute atomic E-state index is 14.2. The van der Waals surface area contributed by atoms with Gasteiger partial charge in [-0.25, -0.2) is 5.01 Å². The monoisotopic (exact) mass is 577 g/mol. The molecule has 0 unspecified atom stereocenters. The van der Waals surface area contributed by atoms with Crippen molar-refractivity contribution in [3.05, 3.63) is 123 Å². The van der Waals surface area contributed by atoms with E-state index in [1.807, 2.05) is 67.6 Å². The van der Waals surface area contributed by atoms with Crippen molar-refractivity contribution in [3.63, 3.8) is 0 Å². The van der Waals surface area contributed by atoms with Crippen LogP contribution < -0.4 is 4.90 Å². The molecule has 6 heteroatoms. The smallest absolute Gasteiger partial charge is 0.269 e. The number of hydrazine groups is 1. The third kappa shape index (κ3) is 4.86. The Morgan fingerprint density at radius 2 is 1.60 bits per heavy atom. The minimum atomic E-state index is -0.0786. The van der Waals surface area contributed by atoms with Crippen LogP contribution in [-0.2, 0) is 6.54 Å². The summed E-state index contributed by atoms with van der Waals surface area (Å²) in [6.07, 6.45) is 4.25. The molecule has 1 amide bonds. The van der Waals surface area contributed by atoms with Gasteiger partial charge in [0.05, 0.1) is 30.2 Å². The zero-order chi connectivity index (χ0) is 24.4. The second kappa shape index (κ2) is 10.3. The Morgan fingerprint density at radius 1 is 0.914 bits per heavy atom. The number of amides is 1. The average Bonchev–Trinajstić information content (AvgIpc) is 3.53. The Labute approximate surface area is 220 Å². The summed E-state index contributed by atoms with van der Waals surface area (Å²) < 4.78 is 6.33. The van der Waals surface area contributed by atoms with E-state index in [4.69, 9.17) is 4.42 Å². The van der Waals surface area contributed by atoms with Crippen molar-refractivity contribution in [2.24, 2.45) is 0 Å². The molecule has 5 rings (SSSR count). The Balaban J connectivity index is 1.61. The molecule has 1 aliphatic rings. The third-order valence-corrected chi connectivity index (χ3v) is 7.53. The minimum absolute atomic E-state index is 0.0137. The molecule has 0 radical (unpaired) electrons. The second-order valence-corrected chi connectivity index (χ2v) is 10.2. The molecular weight excluding hydrogens is 549 g/mol. The van der Waals surface area contributed by atoms with Crippen molar-refractivity contribution in [1.82, 2.24) is 10.0 Å². The van der Waals surface area contributed by atoms with Crippen molar-refractivity contribution in [2.75, 3.05) is 19.0 Å². The predicted octanol–water partition coefficient (Wildman–Crippen LogP) is 6.70. The van der Waals surface area contributed by atoms with E-state index in [9.17, 15) is 4.79 Å². The molecule has 1 aromatic heterocycles. The molecule has 5 nitrogen and oxygen atoms in total. The molecule has 35 heavy (non-hydrogen) atoms. The highest BCUT2D eigenvalue weighted by Crippen LogP contribution is 2.46. The number of rotatable bonds is 6. The fourth-order valence-electron chi connectivity index (χ4n) is 4.79. The summed E-state index contributed by atoms with van der Waals surface area (Å²) in [5.41, 5.74) is 5.23. The number of halogens is 1. The molecule has 4 aromatic rings. The van der Waals surface area contributed by atoms with E-state index in [2.05, 4.69) is 68.9 Å². The molecule has 1 aliphatic heterocycles. The van der Waals surface area contributed by atoms with Crippen molar-refractivity contribution < 1.29 is 9.21 Å². The van der Waals surface area contributed by atoms with Crippen molar-refractivity contribution in [1.29, 1.82) is 0 Å². The SMILES string of the molecule is CN(C)c1ccc([C@H]2C[C@@H](c3ccccc3)N(C(=O)c3ccccc3I)N2Cc2ccoc2)cc1. The Morgan fingerprint density at radius 3 is 2.26 bits per heavy atom. The number of benzene rings is 3. The first kappa shape index (κ1) is 23.6. The van der Waals surface area contributed by atoms with Crippen molar-refractivity contribution >= 4 is 34.2 Å². The molecule has 2 atom stereocenters. The van der Waals surface area contributed by atoms with Gasteiger partial charge in [-0.1, -0.05) is 54.6 Å². The Kier molecular flexibility index (Phi) is 6.92. The molecule has 0 saturated carbocycles. The molecule has 0 spiro atoms. The topological polar surface area (TPSA) is 39.9 Å². The summed E-state index contributed by atoms with van der Waals surface area (Å²) in [7, 11) is 4.09. The summed E-state index contributed by atoms with van der Waals surface area (Å²) in [5, 5.41) is 4.20. The van der Waals surface area contributed by atoms with Gasteiger partial charge in [0, 0.05) is 35.5 Å². The number of furan rings is 1. The summed E-state index contributed by atoms with van der Waals surface area (Å²) in [6.45, 7) is 0.578. The van der Waals surface area contributed by atoms with Crippen molar-refractivity contribution in [3.8, 4) is 0 Å². The summed E-state index contributed by atoms with van der Waals surface area (Å²) in [5.74, 6) is 0.0137. The van der Waals surface area contributed by atoms with Gasteiger partial charge in [-0.2, -0.15) is 0 Å². The van der Waals surface area contributed by atoms with E-state index in [1.165, 1.54) is 5.56 Å². The standard InChI is InChI=1S/C29H28IN3O2/c1-31(2)24-14-12-23(13-15-24)27-18-28(22-8-4-3-5-9-22)33(32(27)19-21-16-17-35-20-21)29(34)25-10-6-7-11-26(25)30/h3-17,20,27-28H,18-19H2,1-2H3/t27-,28+/m1/s1. The van der Waals surface area contributed by atoms with Crippen LogP contribution in [0.4, 0.5) is 5.69 Å². The zero-order valence-electron chi connectivity index (χ0n) is 19.8. The predicted molar refractivity (Wildman–Crippen MR) is 147 cm³/mol. The Bertz CT molecular complexity index is 1270. The molecule has 0 aliphatic carbocycles. The van der Waals surface area contributed by atoms with Crippen LogP contribution in [0, 0.1) is 3.57 Å². The number of anilines is 1. The first-order chi connectivity index (χ1) is 17.0. The van der Waals surface area contributed by atoms with Crippen LogP contribution in [0.15, 0.2) is 102 Å². The van der Waals surface area contributed by atoms with Crippen LogP contribution in [-0.4, -0.2) is 30.0 Å². The van der Waals surface area contributed by atoms with Crippen LogP contribution in [0.5, 0.6) is 0 Å². The normalized spacial score (nSPS) is 18.1. The summed E-state index contributed by atoms with van der Waals surface area (Å²) in [6, 6.07) is 28.7. The maximum Gasteiger partial charge on any atom is 0.269 e. The van der Waals surface area contributed by atoms with E-state index in [-0.39, 0.29) is 18.0 Å². The molecule has 1 fully saturated rings. The van der Waals surface area contributed by atoms with E-state index < -0.39 is 0 Å². The van der Waals surface area contributed by atoms with Crippen LogP contribution in [0.3, 0.4) is 0 Å². The lowest BCUT2D eigenvalue weighted by molar-refractivity contribution is -0.0187. The highest BCUT2D eigenvalue weighted by atomic mass is 127. The largest absolute Gasteiger partial charge is 0.472 e. The van der Waals surface area contributed by atoms with Gasteiger partial charge in [0.2, 0.25) is 0 Å². The van der Waals surface area contributed by atoms with Gasteiger partial charge in [0.15, 0.2) is 0 Å². The maximum atomic E-state index is 14.2. The zero-order valence-corrected chi connectivity index (χ0v) is 22.0. The number of hydrogen-bond donors (Lipinski definition) is 0. The lowest BCUT2D eigenvalue weighted by atomic mass is 9.96. The molecule has 2 heterocycles. The van der Waals surface area contributed by atoms with E-state index in [0.29, 0.717) is 6.54 Å². The minimum Gasteiger partial charge on any atom is -0.472 e. The molecular formula is C29H28IN3O2. The van der Waals surface area contributed by atoms with Crippen molar-refractivity contribution in [2.45, 2.75) is 25.0 Å². The van der Waals surface area contributed by atoms with Crippen LogP contribution >= 0.6 is 22.6 Å². The molecule has 0 bridgehead atoms. The summed E-state index contributed by atoms with van der Waals surface area (Å²) >= 11 is 2.25. The molecule has 0 N–H and O–H groups in total. The van der Waals surface area contributed by atoms with Gasteiger partial charge < -0.3 is 9.32 Å². The van der Waals surface area contributed by atoms with E-state index in [0.717, 1.165) is 32.4 Å². The number of carbonyl (C=O) groups is 1. The second-order valence-electron chi connectivity index (χ2n) is 9.02. The quantitative estimate of drug-likeness (QED) is 0.239. The van der Waals surface area contributed by atoms with Crippen LogP contribution in [0.25, 0.3) is 0 Å². The molecule has 3 aromatic carbocycles. The van der Waals surface area contributed by atoms with Gasteiger partial charge in [-0.15, -0.1) is 0 Å². The van der Waals surface area contributed by atoms with Gasteiger partial charge in [-0.05, 0) is 70.5 Å². The van der Waals surface area contributed by atoms with Gasteiger partial charge in [0.25, 0.3) is 5.91 Å². The Hall–Kier alpha value is -3.10. The van der Waals surface area contributed by atoms with Gasteiger partial charge >= 0.3 is 0 Å². The fourth-order valence-corrected chi connectivity index (χ4v) is 5.41. The highest BCUT2D eigenvalue weighted by molar-refractivity contribution is 14.1. The fraction of sp³-hybridized carbons (Fsp3) is 0.207. The first-order valence-corrected chi connectivity index (χ1v) is 12.8. The summed E-state index contributed by atoms with van der Waals surface area (Å²) in [4.78, 5) is 16.3. The third-order valence-electron chi connectivity index (χ3n) is 6.59. The first-order valence-electron chi connectivity index (χ1n) is 11.7. The van der Waals surface area contributed by atoms with Crippen LogP contribution in [0.1, 0.15) is 45.6 Å². The average molecular weight is 577 g/mol. The number of carbonyl (C=O) groups excluding carboxylic acids is 1. The van der Waals surface area contributed by atoms with Gasteiger partial charge in [-0.3, -0.25) is 9.80 Å². The van der Waals surface area contributed by atoms with Crippen LogP contribution in [0.2, 0.25) is 0 Å².